The number of hydrogen-bond acceptors (Lipinski definition) is 2. The van der Waals surface area contributed by atoms with E-state index in [1.165, 1.54) is 24.3 Å². The summed E-state index contributed by atoms with van der Waals surface area (Å²) in [7, 11) is 0. The molecular weight excluding hydrogens is 235 g/mol. The molecule has 0 unspecified atom stereocenters. The standard InChI is InChI=1S/C13H13FN2O2/c14-11-1-3-12(4-2-11)15-13(18)8-16-6-5-10(7-16)9-17/h1-7,17H,8-9H2,(H,15,18). The molecule has 18 heavy (non-hydrogen) atoms. The second-order valence-electron chi connectivity index (χ2n) is 3.91. The van der Waals surface area contributed by atoms with Crippen LogP contribution in [0.2, 0.25) is 0 Å². The number of halogens is 1. The zero-order valence-electron chi connectivity index (χ0n) is 9.64. The molecule has 2 aromatic rings. The van der Waals surface area contributed by atoms with Gasteiger partial charge in [-0.05, 0) is 35.9 Å². The van der Waals surface area contributed by atoms with Crippen molar-refractivity contribution in [3.63, 3.8) is 0 Å². The van der Waals surface area contributed by atoms with Crippen molar-refractivity contribution in [3.8, 4) is 0 Å². The molecule has 1 amide bonds. The molecule has 5 heteroatoms. The van der Waals surface area contributed by atoms with E-state index in [0.717, 1.165) is 5.56 Å². The fourth-order valence-electron chi connectivity index (χ4n) is 1.58. The normalized spacial score (nSPS) is 10.3. The van der Waals surface area contributed by atoms with Crippen LogP contribution in [0.1, 0.15) is 5.56 Å². The van der Waals surface area contributed by atoms with Gasteiger partial charge in [-0.15, -0.1) is 0 Å². The van der Waals surface area contributed by atoms with Crippen molar-refractivity contribution in [1.29, 1.82) is 0 Å². The largest absolute Gasteiger partial charge is 0.392 e. The van der Waals surface area contributed by atoms with E-state index in [1.807, 2.05) is 0 Å². The Morgan fingerprint density at radius 1 is 1.28 bits per heavy atom. The summed E-state index contributed by atoms with van der Waals surface area (Å²) in [6, 6.07) is 7.32. The summed E-state index contributed by atoms with van der Waals surface area (Å²) in [5.74, 6) is -0.548. The highest BCUT2D eigenvalue weighted by molar-refractivity contribution is 5.90. The van der Waals surface area contributed by atoms with E-state index >= 15 is 0 Å². The minimum Gasteiger partial charge on any atom is -0.392 e. The summed E-state index contributed by atoms with van der Waals surface area (Å²) < 4.78 is 14.3. The minimum absolute atomic E-state index is 0.0490. The maximum atomic E-state index is 12.7. The van der Waals surface area contributed by atoms with E-state index in [-0.39, 0.29) is 24.9 Å². The van der Waals surface area contributed by atoms with Gasteiger partial charge in [0, 0.05) is 18.1 Å². The lowest BCUT2D eigenvalue weighted by Gasteiger charge is -2.05. The van der Waals surface area contributed by atoms with Gasteiger partial charge in [0.1, 0.15) is 12.4 Å². The van der Waals surface area contributed by atoms with Crippen LogP contribution in [0.25, 0.3) is 0 Å². The number of aliphatic hydroxyl groups excluding tert-OH is 1. The molecule has 94 valence electrons. The zero-order valence-corrected chi connectivity index (χ0v) is 9.64. The number of nitrogens with zero attached hydrogens (tertiary/aromatic N) is 1. The summed E-state index contributed by atoms with van der Waals surface area (Å²) in [6.07, 6.45) is 3.42. The smallest absolute Gasteiger partial charge is 0.244 e. The molecule has 2 rings (SSSR count). The highest BCUT2D eigenvalue weighted by Crippen LogP contribution is 2.08. The van der Waals surface area contributed by atoms with Gasteiger partial charge in [0.2, 0.25) is 5.91 Å². The molecule has 0 saturated heterocycles. The molecular formula is C13H13FN2O2. The third-order valence-electron chi connectivity index (χ3n) is 2.45. The van der Waals surface area contributed by atoms with Crippen LogP contribution in [-0.4, -0.2) is 15.6 Å². The molecule has 0 atom stereocenters. The molecule has 2 N–H and O–H groups in total. The van der Waals surface area contributed by atoms with Crippen molar-refractivity contribution >= 4 is 11.6 Å². The van der Waals surface area contributed by atoms with E-state index in [1.54, 1.807) is 23.0 Å². The first-order valence-corrected chi connectivity index (χ1v) is 5.48. The Morgan fingerprint density at radius 3 is 2.61 bits per heavy atom. The van der Waals surface area contributed by atoms with Gasteiger partial charge in [0.25, 0.3) is 0 Å². The summed E-state index contributed by atoms with van der Waals surface area (Å²) in [6.45, 7) is 0.101. The topological polar surface area (TPSA) is 54.3 Å². The molecule has 4 nitrogen and oxygen atoms in total. The van der Waals surface area contributed by atoms with Crippen molar-refractivity contribution < 1.29 is 14.3 Å². The number of benzene rings is 1. The van der Waals surface area contributed by atoms with Crippen molar-refractivity contribution in [3.05, 3.63) is 54.1 Å². The quantitative estimate of drug-likeness (QED) is 0.866. The van der Waals surface area contributed by atoms with Gasteiger partial charge in [-0.25, -0.2) is 4.39 Å². The second kappa shape index (κ2) is 5.46. The molecule has 0 spiro atoms. The molecule has 0 bridgehead atoms. The van der Waals surface area contributed by atoms with E-state index in [0.29, 0.717) is 5.69 Å². The van der Waals surface area contributed by atoms with Gasteiger partial charge in [-0.2, -0.15) is 0 Å². The molecule has 0 saturated carbocycles. The number of aliphatic hydroxyl groups is 1. The lowest BCUT2D eigenvalue weighted by molar-refractivity contribution is -0.116. The third-order valence-corrected chi connectivity index (χ3v) is 2.45. The number of hydrogen-bond donors (Lipinski definition) is 2. The predicted octanol–water partition coefficient (Wildman–Crippen LogP) is 1.76. The Kier molecular flexibility index (Phi) is 3.74. The lowest BCUT2D eigenvalue weighted by atomic mass is 10.3. The van der Waals surface area contributed by atoms with Crippen molar-refractivity contribution in [2.75, 3.05) is 5.32 Å². The third kappa shape index (κ3) is 3.18. The summed E-state index contributed by atoms with van der Waals surface area (Å²) in [5, 5.41) is 11.6. The van der Waals surface area contributed by atoms with Gasteiger partial charge < -0.3 is 15.0 Å². The summed E-state index contributed by atoms with van der Waals surface area (Å²) in [5.41, 5.74) is 1.31. The van der Waals surface area contributed by atoms with Crippen LogP contribution in [0, 0.1) is 5.82 Å². The van der Waals surface area contributed by atoms with Crippen LogP contribution >= 0.6 is 0 Å². The summed E-state index contributed by atoms with van der Waals surface area (Å²) >= 11 is 0. The van der Waals surface area contributed by atoms with Gasteiger partial charge in [0.15, 0.2) is 0 Å². The number of amides is 1. The minimum atomic E-state index is -0.342. The highest BCUT2D eigenvalue weighted by atomic mass is 19.1. The Labute approximate surface area is 104 Å². The Hall–Kier alpha value is -2.14. The number of aromatic nitrogens is 1. The molecule has 0 aliphatic heterocycles. The van der Waals surface area contributed by atoms with Crippen LogP contribution in [0.3, 0.4) is 0 Å². The fourth-order valence-corrected chi connectivity index (χ4v) is 1.58. The molecule has 0 fully saturated rings. The first kappa shape index (κ1) is 12.3. The zero-order chi connectivity index (χ0) is 13.0. The average molecular weight is 248 g/mol. The molecule has 0 aliphatic rings. The highest BCUT2D eigenvalue weighted by Gasteiger charge is 2.04. The van der Waals surface area contributed by atoms with Crippen LogP contribution in [0.15, 0.2) is 42.7 Å². The van der Waals surface area contributed by atoms with Crippen molar-refractivity contribution in [2.45, 2.75) is 13.2 Å². The number of nitrogens with one attached hydrogen (secondary N) is 1. The maximum absolute atomic E-state index is 12.7. The number of carbonyl (C=O) groups is 1. The number of anilines is 1. The Balaban J connectivity index is 1.94. The van der Waals surface area contributed by atoms with Crippen molar-refractivity contribution in [1.82, 2.24) is 4.57 Å². The van der Waals surface area contributed by atoms with E-state index in [4.69, 9.17) is 5.11 Å². The predicted molar refractivity (Wildman–Crippen MR) is 65.4 cm³/mol. The molecule has 1 heterocycles. The first-order valence-electron chi connectivity index (χ1n) is 5.48. The van der Waals surface area contributed by atoms with Gasteiger partial charge in [-0.1, -0.05) is 0 Å². The first-order chi connectivity index (χ1) is 8.67. The number of carbonyl (C=O) groups excluding carboxylic acids is 1. The van der Waals surface area contributed by atoms with E-state index < -0.39 is 0 Å². The molecule has 0 aliphatic carbocycles. The van der Waals surface area contributed by atoms with E-state index in [2.05, 4.69) is 5.32 Å². The lowest BCUT2D eigenvalue weighted by Crippen LogP contribution is -2.17. The van der Waals surface area contributed by atoms with Crippen molar-refractivity contribution in [2.24, 2.45) is 0 Å². The SMILES string of the molecule is O=C(Cn1ccc(CO)c1)Nc1ccc(F)cc1. The molecule has 0 radical (unpaired) electrons. The van der Waals surface area contributed by atoms with Gasteiger partial charge >= 0.3 is 0 Å². The second-order valence-corrected chi connectivity index (χ2v) is 3.91. The van der Waals surface area contributed by atoms with Crippen LogP contribution in [0.4, 0.5) is 10.1 Å². The Bertz CT molecular complexity index is 534. The average Bonchev–Trinajstić information content (AvgIpc) is 2.79. The Morgan fingerprint density at radius 2 is 2.00 bits per heavy atom. The maximum Gasteiger partial charge on any atom is 0.244 e. The number of rotatable bonds is 4. The van der Waals surface area contributed by atoms with Crippen LogP contribution in [-0.2, 0) is 17.9 Å². The fraction of sp³-hybridized carbons (Fsp3) is 0.154. The van der Waals surface area contributed by atoms with E-state index in [9.17, 15) is 9.18 Å². The molecule has 1 aromatic heterocycles. The monoisotopic (exact) mass is 248 g/mol. The van der Waals surface area contributed by atoms with Crippen LogP contribution < -0.4 is 5.32 Å². The molecule has 1 aromatic carbocycles. The summed E-state index contributed by atoms with van der Waals surface area (Å²) in [4.78, 5) is 11.7. The van der Waals surface area contributed by atoms with Gasteiger partial charge in [-0.3, -0.25) is 4.79 Å². The van der Waals surface area contributed by atoms with Gasteiger partial charge in [0.05, 0.1) is 6.61 Å². The van der Waals surface area contributed by atoms with Crippen LogP contribution in [0.5, 0.6) is 0 Å².